The van der Waals surface area contributed by atoms with Crippen LogP contribution in [0.5, 0.6) is 0 Å². The average Bonchev–Trinajstić information content (AvgIpc) is 2.88. The molecule has 104 valence electrons. The molecule has 0 aromatic heterocycles. The van der Waals surface area contributed by atoms with Gasteiger partial charge in [-0.15, -0.1) is 0 Å². The Balaban J connectivity index is 1.76. The van der Waals surface area contributed by atoms with Crippen molar-refractivity contribution in [3.8, 4) is 0 Å². The van der Waals surface area contributed by atoms with Gasteiger partial charge in [-0.25, -0.2) is 4.39 Å². The minimum atomic E-state index is -0.884. The molecule has 19 heavy (non-hydrogen) atoms. The normalized spacial score (nSPS) is 29.2. The third kappa shape index (κ3) is 2.63. The number of nitrogens with zero attached hydrogens (tertiary/aromatic N) is 1. The third-order valence-corrected chi connectivity index (χ3v) is 4.39. The van der Waals surface area contributed by atoms with Crippen LogP contribution in [0.2, 0.25) is 5.02 Å². The first-order chi connectivity index (χ1) is 9.15. The molecule has 3 atom stereocenters. The van der Waals surface area contributed by atoms with Gasteiger partial charge >= 0.3 is 0 Å². The highest BCUT2D eigenvalue weighted by atomic mass is 35.5. The van der Waals surface area contributed by atoms with Crippen molar-refractivity contribution in [3.05, 3.63) is 34.6 Å². The third-order valence-electron chi connectivity index (χ3n) is 4.05. The Bertz CT molecular complexity index is 471. The molecule has 3 unspecified atom stereocenters. The lowest BCUT2D eigenvalue weighted by Crippen LogP contribution is -2.48. The van der Waals surface area contributed by atoms with Gasteiger partial charge in [0.25, 0.3) is 0 Å². The van der Waals surface area contributed by atoms with E-state index >= 15 is 0 Å². The first kappa shape index (κ1) is 13.3. The molecule has 2 fully saturated rings. The topological polar surface area (TPSA) is 32.7 Å². The molecule has 0 spiro atoms. The van der Waals surface area contributed by atoms with E-state index in [1.54, 1.807) is 0 Å². The van der Waals surface area contributed by atoms with Crippen LogP contribution in [-0.4, -0.2) is 41.8 Å². The first-order valence-electron chi connectivity index (χ1n) is 6.64. The molecule has 0 bridgehead atoms. The van der Waals surface area contributed by atoms with Crippen LogP contribution in [0.1, 0.15) is 24.5 Å². The molecule has 1 aromatic carbocycles. The van der Waals surface area contributed by atoms with E-state index in [1.165, 1.54) is 24.6 Å². The summed E-state index contributed by atoms with van der Waals surface area (Å²) in [4.78, 5) is 2.34. The molecular weight excluding hydrogens is 269 g/mol. The van der Waals surface area contributed by atoms with Crippen molar-refractivity contribution in [1.29, 1.82) is 0 Å². The van der Waals surface area contributed by atoms with Crippen LogP contribution in [0, 0.1) is 5.82 Å². The highest BCUT2D eigenvalue weighted by Crippen LogP contribution is 2.32. The number of ether oxygens (including phenoxy) is 1. The molecule has 1 N–H and O–H groups in total. The lowest BCUT2D eigenvalue weighted by Gasteiger charge is -2.37. The molecular formula is C14H17ClFNO2. The molecule has 3 rings (SSSR count). The Hall–Kier alpha value is -0.680. The van der Waals surface area contributed by atoms with Gasteiger partial charge in [0.2, 0.25) is 0 Å². The van der Waals surface area contributed by atoms with Crippen molar-refractivity contribution >= 4 is 11.6 Å². The van der Waals surface area contributed by atoms with E-state index in [1.807, 2.05) is 0 Å². The van der Waals surface area contributed by atoms with E-state index in [9.17, 15) is 9.50 Å². The number of hydrogen-bond donors (Lipinski definition) is 1. The van der Waals surface area contributed by atoms with Gasteiger partial charge in [-0.2, -0.15) is 0 Å². The molecule has 0 amide bonds. The standard InChI is InChI=1S/C14H17ClFNO2/c15-12-4-3-9(16)6-11(12)14(18)13-7-17-5-1-2-10(17)8-19-13/h3-4,6,10,13-14,18H,1-2,5,7-8H2. The Labute approximate surface area is 116 Å². The van der Waals surface area contributed by atoms with Crippen LogP contribution >= 0.6 is 11.6 Å². The summed E-state index contributed by atoms with van der Waals surface area (Å²) in [7, 11) is 0. The highest BCUT2D eigenvalue weighted by Gasteiger charge is 2.36. The fourth-order valence-corrected chi connectivity index (χ4v) is 3.20. The second kappa shape index (κ2) is 5.37. The molecule has 2 saturated heterocycles. The fraction of sp³-hybridized carbons (Fsp3) is 0.571. The number of fused-ring (bicyclic) bond motifs is 1. The molecule has 2 heterocycles. The zero-order chi connectivity index (χ0) is 13.4. The predicted molar refractivity (Wildman–Crippen MR) is 70.7 cm³/mol. The summed E-state index contributed by atoms with van der Waals surface area (Å²) < 4.78 is 19.0. The number of benzene rings is 1. The van der Waals surface area contributed by atoms with Gasteiger partial charge in [-0.05, 0) is 37.6 Å². The van der Waals surface area contributed by atoms with Crippen LogP contribution in [0.3, 0.4) is 0 Å². The maximum Gasteiger partial charge on any atom is 0.123 e. The summed E-state index contributed by atoms with van der Waals surface area (Å²) in [5, 5.41) is 10.7. The van der Waals surface area contributed by atoms with Gasteiger partial charge < -0.3 is 9.84 Å². The van der Waals surface area contributed by atoms with E-state index in [2.05, 4.69) is 4.90 Å². The monoisotopic (exact) mass is 285 g/mol. The maximum absolute atomic E-state index is 13.3. The van der Waals surface area contributed by atoms with Crippen LogP contribution in [-0.2, 0) is 4.74 Å². The molecule has 0 radical (unpaired) electrons. The Morgan fingerprint density at radius 1 is 1.47 bits per heavy atom. The molecule has 1 aromatic rings. The quantitative estimate of drug-likeness (QED) is 0.906. The minimum absolute atomic E-state index is 0.339. The van der Waals surface area contributed by atoms with Gasteiger partial charge in [-0.3, -0.25) is 4.90 Å². The lowest BCUT2D eigenvalue weighted by molar-refractivity contribution is -0.103. The highest BCUT2D eigenvalue weighted by molar-refractivity contribution is 6.31. The van der Waals surface area contributed by atoms with E-state index in [0.29, 0.717) is 29.8 Å². The summed E-state index contributed by atoms with van der Waals surface area (Å²) in [6, 6.07) is 4.52. The SMILES string of the molecule is OC(c1cc(F)ccc1Cl)C1CN2CCCC2CO1. The van der Waals surface area contributed by atoms with Crippen molar-refractivity contribution in [2.45, 2.75) is 31.1 Å². The summed E-state index contributed by atoms with van der Waals surface area (Å²) in [6.07, 6.45) is 1.11. The molecule has 2 aliphatic heterocycles. The molecule has 3 nitrogen and oxygen atoms in total. The van der Waals surface area contributed by atoms with Gasteiger partial charge in [0.05, 0.1) is 6.61 Å². The molecule has 0 aliphatic carbocycles. The number of aliphatic hydroxyl groups is 1. The fourth-order valence-electron chi connectivity index (χ4n) is 2.98. The number of hydrogen-bond acceptors (Lipinski definition) is 3. The van der Waals surface area contributed by atoms with Crippen molar-refractivity contribution in [2.24, 2.45) is 0 Å². The Kier molecular flexibility index (Phi) is 3.76. The second-order valence-corrected chi connectivity index (χ2v) is 5.68. The summed E-state index contributed by atoms with van der Waals surface area (Å²) >= 11 is 6.03. The zero-order valence-electron chi connectivity index (χ0n) is 10.6. The van der Waals surface area contributed by atoms with E-state index in [0.717, 1.165) is 13.0 Å². The Morgan fingerprint density at radius 3 is 3.16 bits per heavy atom. The summed E-state index contributed by atoms with van der Waals surface area (Å²) in [5.74, 6) is -0.395. The van der Waals surface area contributed by atoms with Gasteiger partial charge in [-0.1, -0.05) is 11.6 Å². The van der Waals surface area contributed by atoms with Crippen molar-refractivity contribution in [1.82, 2.24) is 4.90 Å². The smallest absolute Gasteiger partial charge is 0.123 e. The van der Waals surface area contributed by atoms with Crippen molar-refractivity contribution < 1.29 is 14.2 Å². The van der Waals surface area contributed by atoms with E-state index in [-0.39, 0.29) is 6.10 Å². The lowest BCUT2D eigenvalue weighted by atomic mass is 10.0. The van der Waals surface area contributed by atoms with E-state index < -0.39 is 11.9 Å². The predicted octanol–water partition coefficient (Wildman–Crippen LogP) is 2.38. The van der Waals surface area contributed by atoms with Crippen LogP contribution in [0.4, 0.5) is 4.39 Å². The minimum Gasteiger partial charge on any atom is -0.386 e. The van der Waals surface area contributed by atoms with Crippen molar-refractivity contribution in [3.63, 3.8) is 0 Å². The summed E-state index contributed by atoms with van der Waals surface area (Å²) in [5.41, 5.74) is 0.407. The molecule has 5 heteroatoms. The van der Waals surface area contributed by atoms with Crippen LogP contribution in [0.15, 0.2) is 18.2 Å². The summed E-state index contributed by atoms with van der Waals surface area (Å²) in [6.45, 7) is 2.36. The average molecular weight is 286 g/mol. The van der Waals surface area contributed by atoms with Crippen molar-refractivity contribution in [2.75, 3.05) is 19.7 Å². The largest absolute Gasteiger partial charge is 0.386 e. The first-order valence-corrected chi connectivity index (χ1v) is 7.01. The molecule has 0 saturated carbocycles. The maximum atomic E-state index is 13.3. The Morgan fingerprint density at radius 2 is 2.32 bits per heavy atom. The number of halogens is 2. The molecule has 2 aliphatic rings. The van der Waals surface area contributed by atoms with Crippen LogP contribution < -0.4 is 0 Å². The second-order valence-electron chi connectivity index (χ2n) is 5.27. The van der Waals surface area contributed by atoms with Gasteiger partial charge in [0.15, 0.2) is 0 Å². The van der Waals surface area contributed by atoms with Gasteiger partial charge in [0.1, 0.15) is 18.0 Å². The number of rotatable bonds is 2. The van der Waals surface area contributed by atoms with Gasteiger partial charge in [0, 0.05) is 23.2 Å². The van der Waals surface area contributed by atoms with E-state index in [4.69, 9.17) is 16.3 Å². The number of aliphatic hydroxyl groups excluding tert-OH is 1. The van der Waals surface area contributed by atoms with Crippen LogP contribution in [0.25, 0.3) is 0 Å². The number of morpholine rings is 1. The zero-order valence-corrected chi connectivity index (χ0v) is 11.3.